The predicted molar refractivity (Wildman–Crippen MR) is 107 cm³/mol. The fraction of sp³-hybridized carbons (Fsp3) is 0.619. The van der Waals surface area contributed by atoms with E-state index in [1.807, 2.05) is 4.90 Å². The standard InChI is InChI=1S/C21H28F3N3O4/c22-21(23,24)14-4-6-15(7-5-14)25-20(30)26-17-9-8-16(31-18(17)13-28)12-19(29)27-10-2-1-3-11-27/h4-7,16-18,28H,1-3,8-13H2,(H2,25,26,30)/t16-,17+,18+/m0/s1. The average Bonchev–Trinajstić information content (AvgIpc) is 2.75. The molecular formula is C21H28F3N3O4. The van der Waals surface area contributed by atoms with E-state index in [4.69, 9.17) is 4.74 Å². The van der Waals surface area contributed by atoms with Gasteiger partial charge in [-0.15, -0.1) is 0 Å². The number of alkyl halides is 3. The van der Waals surface area contributed by atoms with Crippen molar-refractivity contribution in [2.24, 2.45) is 0 Å². The van der Waals surface area contributed by atoms with Crippen LogP contribution in [0, 0.1) is 0 Å². The number of urea groups is 1. The molecule has 2 heterocycles. The van der Waals surface area contributed by atoms with E-state index >= 15 is 0 Å². The Labute approximate surface area is 178 Å². The molecule has 0 saturated carbocycles. The number of benzene rings is 1. The highest BCUT2D eigenvalue weighted by Gasteiger charge is 2.34. The van der Waals surface area contributed by atoms with Gasteiger partial charge in [-0.1, -0.05) is 0 Å². The summed E-state index contributed by atoms with van der Waals surface area (Å²) in [6.07, 6.45) is -0.939. The monoisotopic (exact) mass is 443 g/mol. The molecule has 3 N–H and O–H groups in total. The Bertz CT molecular complexity index is 751. The number of aliphatic hydroxyl groups is 1. The lowest BCUT2D eigenvalue weighted by atomic mass is 9.96. The Morgan fingerprint density at radius 1 is 1.10 bits per heavy atom. The summed E-state index contributed by atoms with van der Waals surface area (Å²) in [5.41, 5.74) is -0.586. The number of hydrogen-bond donors (Lipinski definition) is 3. The van der Waals surface area contributed by atoms with Crippen molar-refractivity contribution < 1.29 is 32.6 Å². The third-order valence-electron chi connectivity index (χ3n) is 5.69. The van der Waals surface area contributed by atoms with E-state index < -0.39 is 29.9 Å². The largest absolute Gasteiger partial charge is 0.416 e. The molecule has 31 heavy (non-hydrogen) atoms. The van der Waals surface area contributed by atoms with E-state index in [1.54, 1.807) is 0 Å². The van der Waals surface area contributed by atoms with Crippen molar-refractivity contribution >= 4 is 17.6 Å². The van der Waals surface area contributed by atoms with Crippen LogP contribution in [-0.2, 0) is 15.7 Å². The van der Waals surface area contributed by atoms with Crippen LogP contribution in [0.15, 0.2) is 24.3 Å². The lowest BCUT2D eigenvalue weighted by molar-refractivity contribution is -0.141. The fourth-order valence-corrected chi connectivity index (χ4v) is 3.99. The summed E-state index contributed by atoms with van der Waals surface area (Å²) in [5, 5.41) is 14.9. The minimum atomic E-state index is -4.44. The summed E-state index contributed by atoms with van der Waals surface area (Å²) in [4.78, 5) is 26.5. The van der Waals surface area contributed by atoms with E-state index in [0.29, 0.717) is 12.8 Å². The highest BCUT2D eigenvalue weighted by Crippen LogP contribution is 2.30. The summed E-state index contributed by atoms with van der Waals surface area (Å²) >= 11 is 0. The lowest BCUT2D eigenvalue weighted by Crippen LogP contribution is -2.52. The first-order chi connectivity index (χ1) is 14.8. The molecule has 3 atom stereocenters. The van der Waals surface area contributed by atoms with E-state index in [1.165, 1.54) is 12.1 Å². The second kappa shape index (κ2) is 10.3. The highest BCUT2D eigenvalue weighted by atomic mass is 19.4. The second-order valence-electron chi connectivity index (χ2n) is 7.98. The molecule has 3 amide bonds. The number of ether oxygens (including phenoxy) is 1. The molecule has 0 bridgehead atoms. The molecule has 3 rings (SSSR count). The first-order valence-corrected chi connectivity index (χ1v) is 10.5. The smallest absolute Gasteiger partial charge is 0.394 e. The van der Waals surface area contributed by atoms with Crippen molar-refractivity contribution in [1.82, 2.24) is 10.2 Å². The third kappa shape index (κ3) is 6.57. The minimum absolute atomic E-state index is 0.0489. The van der Waals surface area contributed by atoms with Crippen molar-refractivity contribution in [2.75, 3.05) is 25.0 Å². The van der Waals surface area contributed by atoms with Gasteiger partial charge in [-0.25, -0.2) is 4.79 Å². The van der Waals surface area contributed by atoms with Gasteiger partial charge in [-0.2, -0.15) is 13.2 Å². The molecule has 0 spiro atoms. The minimum Gasteiger partial charge on any atom is -0.394 e. The number of nitrogens with one attached hydrogen (secondary N) is 2. The number of hydrogen-bond acceptors (Lipinski definition) is 4. The summed E-state index contributed by atoms with van der Waals surface area (Å²) in [6, 6.07) is 3.05. The molecule has 1 aromatic carbocycles. The van der Waals surface area contributed by atoms with Gasteiger partial charge >= 0.3 is 12.2 Å². The number of nitrogens with zero attached hydrogens (tertiary/aromatic N) is 1. The van der Waals surface area contributed by atoms with Crippen LogP contribution >= 0.6 is 0 Å². The summed E-state index contributed by atoms with van der Waals surface area (Å²) in [6.45, 7) is 1.21. The van der Waals surface area contributed by atoms with Crippen molar-refractivity contribution in [1.29, 1.82) is 0 Å². The fourth-order valence-electron chi connectivity index (χ4n) is 3.99. The lowest BCUT2D eigenvalue weighted by Gasteiger charge is -2.37. The maximum Gasteiger partial charge on any atom is 0.416 e. The number of likely N-dealkylation sites (tertiary alicyclic amines) is 1. The number of piperidine rings is 1. The molecule has 0 radical (unpaired) electrons. The Balaban J connectivity index is 1.48. The molecule has 2 aliphatic heterocycles. The molecule has 2 saturated heterocycles. The zero-order valence-electron chi connectivity index (χ0n) is 17.2. The first kappa shape index (κ1) is 23.3. The number of anilines is 1. The van der Waals surface area contributed by atoms with Gasteiger partial charge in [0.05, 0.1) is 30.7 Å². The molecule has 2 aliphatic rings. The molecule has 172 valence electrons. The van der Waals surface area contributed by atoms with Crippen LogP contribution in [-0.4, -0.2) is 59.9 Å². The molecular weight excluding hydrogens is 415 g/mol. The zero-order chi connectivity index (χ0) is 22.4. The number of rotatable bonds is 5. The second-order valence-corrected chi connectivity index (χ2v) is 7.98. The van der Waals surface area contributed by atoms with E-state index in [0.717, 1.165) is 44.5 Å². The van der Waals surface area contributed by atoms with Crippen LogP contribution in [0.4, 0.5) is 23.7 Å². The van der Waals surface area contributed by atoms with Gasteiger partial charge in [-0.05, 0) is 56.4 Å². The predicted octanol–water partition coefficient (Wildman–Crippen LogP) is 3.14. The van der Waals surface area contributed by atoms with Crippen LogP contribution in [0.5, 0.6) is 0 Å². The number of halogens is 3. The Morgan fingerprint density at radius 3 is 2.39 bits per heavy atom. The topological polar surface area (TPSA) is 90.9 Å². The van der Waals surface area contributed by atoms with E-state index in [2.05, 4.69) is 10.6 Å². The molecule has 7 nitrogen and oxygen atoms in total. The Hall–Kier alpha value is -2.33. The molecule has 1 aromatic rings. The van der Waals surface area contributed by atoms with Gasteiger partial charge in [0, 0.05) is 18.8 Å². The summed E-state index contributed by atoms with van der Waals surface area (Å²) in [5.74, 6) is 0.0489. The van der Waals surface area contributed by atoms with Crippen LogP contribution in [0.1, 0.15) is 44.1 Å². The van der Waals surface area contributed by atoms with Gasteiger partial charge < -0.3 is 25.4 Å². The van der Waals surface area contributed by atoms with Gasteiger partial charge in [0.15, 0.2) is 0 Å². The normalized spacial score (nSPS) is 24.5. The molecule has 2 fully saturated rings. The van der Waals surface area contributed by atoms with E-state index in [-0.39, 0.29) is 30.7 Å². The number of aliphatic hydroxyl groups excluding tert-OH is 1. The van der Waals surface area contributed by atoms with Gasteiger partial charge in [0.25, 0.3) is 0 Å². The van der Waals surface area contributed by atoms with Gasteiger partial charge in [-0.3, -0.25) is 4.79 Å². The maximum atomic E-state index is 12.6. The van der Waals surface area contributed by atoms with Gasteiger partial charge in [0.2, 0.25) is 5.91 Å². The van der Waals surface area contributed by atoms with Crippen LogP contribution < -0.4 is 10.6 Å². The molecule has 10 heteroatoms. The summed E-state index contributed by atoms with van der Waals surface area (Å²) < 4.78 is 43.7. The van der Waals surface area contributed by atoms with Crippen LogP contribution in [0.3, 0.4) is 0 Å². The average molecular weight is 443 g/mol. The quantitative estimate of drug-likeness (QED) is 0.652. The third-order valence-corrected chi connectivity index (χ3v) is 5.69. The number of carbonyl (C=O) groups excluding carboxylic acids is 2. The summed E-state index contributed by atoms with van der Waals surface area (Å²) in [7, 11) is 0. The number of amides is 3. The van der Waals surface area contributed by atoms with Crippen molar-refractivity contribution in [3.63, 3.8) is 0 Å². The van der Waals surface area contributed by atoms with Crippen LogP contribution in [0.2, 0.25) is 0 Å². The first-order valence-electron chi connectivity index (χ1n) is 10.5. The zero-order valence-corrected chi connectivity index (χ0v) is 17.2. The van der Waals surface area contributed by atoms with Crippen molar-refractivity contribution in [3.05, 3.63) is 29.8 Å². The van der Waals surface area contributed by atoms with Gasteiger partial charge in [0.1, 0.15) is 6.10 Å². The maximum absolute atomic E-state index is 12.6. The van der Waals surface area contributed by atoms with E-state index in [9.17, 15) is 27.9 Å². The van der Waals surface area contributed by atoms with Crippen molar-refractivity contribution in [3.8, 4) is 0 Å². The molecule has 0 aliphatic carbocycles. The molecule has 0 unspecified atom stereocenters. The van der Waals surface area contributed by atoms with Crippen LogP contribution in [0.25, 0.3) is 0 Å². The highest BCUT2D eigenvalue weighted by molar-refractivity contribution is 5.89. The Morgan fingerprint density at radius 2 is 1.77 bits per heavy atom. The number of carbonyl (C=O) groups is 2. The van der Waals surface area contributed by atoms with Crippen molar-refractivity contribution in [2.45, 2.75) is 63.0 Å². The Kier molecular flexibility index (Phi) is 7.77. The SMILES string of the molecule is O=C(Nc1ccc(C(F)(F)F)cc1)N[C@@H]1CC[C@@H](CC(=O)N2CCCCC2)O[C@@H]1CO. The molecule has 0 aromatic heterocycles.